The lowest BCUT2D eigenvalue weighted by Crippen LogP contribution is -2.42. The van der Waals surface area contributed by atoms with Gasteiger partial charge in [0.2, 0.25) is 5.95 Å². The minimum Gasteiger partial charge on any atom is -0.378 e. The third-order valence-electron chi connectivity index (χ3n) is 5.19. The molecule has 0 bridgehead atoms. The van der Waals surface area contributed by atoms with E-state index in [1.54, 1.807) is 24.3 Å². The molecule has 1 aliphatic rings. The Morgan fingerprint density at radius 2 is 1.93 bits per heavy atom. The van der Waals surface area contributed by atoms with Crippen LogP contribution in [0.25, 0.3) is 0 Å². The molecule has 1 unspecified atom stereocenters. The largest absolute Gasteiger partial charge is 0.378 e. The number of hydrogen-bond acceptors (Lipinski definition) is 6. The molecule has 1 fully saturated rings. The maximum Gasteiger partial charge on any atom is 0.253 e. The van der Waals surface area contributed by atoms with Crippen LogP contribution >= 0.6 is 11.6 Å². The maximum atomic E-state index is 12.4. The number of aromatic nitrogens is 2. The molecule has 0 spiro atoms. The van der Waals surface area contributed by atoms with E-state index in [0.29, 0.717) is 16.5 Å². The molecule has 1 heterocycles. The molecule has 8 heteroatoms. The van der Waals surface area contributed by atoms with Gasteiger partial charge in [-0.05, 0) is 50.3 Å². The van der Waals surface area contributed by atoms with Crippen molar-refractivity contribution in [3.8, 4) is 0 Å². The van der Waals surface area contributed by atoms with E-state index in [0.717, 1.165) is 37.1 Å². The van der Waals surface area contributed by atoms with Gasteiger partial charge >= 0.3 is 0 Å². The fourth-order valence-corrected chi connectivity index (χ4v) is 3.83. The van der Waals surface area contributed by atoms with Crippen molar-refractivity contribution in [3.63, 3.8) is 0 Å². The standard InChI is InChI=1S/C21H28ClN5O2/c1-13-12-23-21(26-19(13)27(2)3)25-17-9-7-16(8-10-17)24-20(29)18(28)14-5-4-6-15(22)11-14/h4-6,11-12,16-18,28H,7-10H2,1-3H3,(H,24,29)(H,23,25,26)/t16-,17+,18?. The average Bonchev–Trinajstić information content (AvgIpc) is 2.70. The Kier molecular flexibility index (Phi) is 6.92. The van der Waals surface area contributed by atoms with Crippen molar-refractivity contribution in [2.75, 3.05) is 24.3 Å². The van der Waals surface area contributed by atoms with Crippen LogP contribution in [0.5, 0.6) is 0 Å². The second-order valence-corrected chi connectivity index (χ2v) is 8.19. The summed E-state index contributed by atoms with van der Waals surface area (Å²) in [6.07, 6.45) is 4.07. The molecular weight excluding hydrogens is 390 g/mol. The number of benzene rings is 1. The first-order chi connectivity index (χ1) is 13.8. The summed E-state index contributed by atoms with van der Waals surface area (Å²) in [4.78, 5) is 23.3. The first-order valence-corrected chi connectivity index (χ1v) is 10.2. The van der Waals surface area contributed by atoms with Gasteiger partial charge < -0.3 is 20.6 Å². The molecule has 156 valence electrons. The summed E-state index contributed by atoms with van der Waals surface area (Å²) in [5.74, 6) is 1.14. The molecule has 1 saturated carbocycles. The molecule has 29 heavy (non-hydrogen) atoms. The molecule has 3 N–H and O–H groups in total. The fraction of sp³-hybridized carbons (Fsp3) is 0.476. The number of hydrogen-bond donors (Lipinski definition) is 3. The number of rotatable bonds is 6. The van der Waals surface area contributed by atoms with E-state index < -0.39 is 6.10 Å². The number of nitrogens with zero attached hydrogens (tertiary/aromatic N) is 3. The zero-order valence-electron chi connectivity index (χ0n) is 17.0. The van der Waals surface area contributed by atoms with Crippen LogP contribution in [0.15, 0.2) is 30.5 Å². The van der Waals surface area contributed by atoms with Crippen LogP contribution < -0.4 is 15.5 Å². The highest BCUT2D eigenvalue weighted by molar-refractivity contribution is 6.30. The van der Waals surface area contributed by atoms with Gasteiger partial charge in [0.05, 0.1) is 0 Å². The van der Waals surface area contributed by atoms with Crippen LogP contribution in [-0.4, -0.2) is 47.2 Å². The molecule has 3 rings (SSSR count). The Labute approximate surface area is 176 Å². The van der Waals surface area contributed by atoms with Gasteiger partial charge in [0.1, 0.15) is 5.82 Å². The SMILES string of the molecule is Cc1cnc(N[C@H]2CC[C@@H](NC(=O)C(O)c3cccc(Cl)c3)CC2)nc1N(C)C. The molecule has 1 amide bonds. The average molecular weight is 418 g/mol. The predicted molar refractivity (Wildman–Crippen MR) is 115 cm³/mol. The van der Waals surface area contributed by atoms with Gasteiger partial charge in [-0.3, -0.25) is 4.79 Å². The van der Waals surface area contributed by atoms with Crippen LogP contribution in [0.4, 0.5) is 11.8 Å². The first kappa shape index (κ1) is 21.3. The molecule has 2 aromatic rings. The van der Waals surface area contributed by atoms with Gasteiger partial charge in [-0.15, -0.1) is 0 Å². The number of anilines is 2. The van der Waals surface area contributed by atoms with E-state index in [4.69, 9.17) is 11.6 Å². The third kappa shape index (κ3) is 5.58. The van der Waals surface area contributed by atoms with Crippen molar-refractivity contribution >= 4 is 29.3 Å². The van der Waals surface area contributed by atoms with Crippen LogP contribution in [0.3, 0.4) is 0 Å². The Morgan fingerprint density at radius 1 is 1.24 bits per heavy atom. The maximum absolute atomic E-state index is 12.4. The van der Waals surface area contributed by atoms with E-state index in [2.05, 4.69) is 20.6 Å². The fourth-order valence-electron chi connectivity index (χ4n) is 3.63. The summed E-state index contributed by atoms with van der Waals surface area (Å²) in [6, 6.07) is 7.05. The van der Waals surface area contributed by atoms with Crippen molar-refractivity contribution in [2.45, 2.75) is 50.8 Å². The number of aliphatic hydroxyl groups is 1. The molecule has 1 aliphatic carbocycles. The second kappa shape index (κ2) is 9.41. The molecular formula is C21H28ClN5O2. The Hall–Kier alpha value is -2.38. The number of aliphatic hydroxyl groups excluding tert-OH is 1. The summed E-state index contributed by atoms with van der Waals surface area (Å²) in [5.41, 5.74) is 1.53. The number of amides is 1. The van der Waals surface area contributed by atoms with Crippen molar-refractivity contribution in [2.24, 2.45) is 0 Å². The lowest BCUT2D eigenvalue weighted by Gasteiger charge is -2.30. The van der Waals surface area contributed by atoms with E-state index in [1.807, 2.05) is 32.1 Å². The van der Waals surface area contributed by atoms with Crippen molar-refractivity contribution in [1.29, 1.82) is 0 Å². The zero-order valence-corrected chi connectivity index (χ0v) is 17.8. The molecule has 1 aromatic carbocycles. The highest BCUT2D eigenvalue weighted by Crippen LogP contribution is 2.24. The third-order valence-corrected chi connectivity index (χ3v) is 5.42. The lowest BCUT2D eigenvalue weighted by atomic mass is 9.91. The minimum atomic E-state index is -1.21. The second-order valence-electron chi connectivity index (χ2n) is 7.75. The number of halogens is 1. The summed E-state index contributed by atoms with van der Waals surface area (Å²) in [6.45, 7) is 1.99. The van der Waals surface area contributed by atoms with Crippen molar-refractivity contribution < 1.29 is 9.90 Å². The highest BCUT2D eigenvalue weighted by Gasteiger charge is 2.26. The lowest BCUT2D eigenvalue weighted by molar-refractivity contribution is -0.130. The predicted octanol–water partition coefficient (Wildman–Crippen LogP) is 3.08. The van der Waals surface area contributed by atoms with Gasteiger partial charge in [-0.25, -0.2) is 4.98 Å². The van der Waals surface area contributed by atoms with E-state index in [-0.39, 0.29) is 18.0 Å². The van der Waals surface area contributed by atoms with Crippen molar-refractivity contribution in [3.05, 3.63) is 46.6 Å². The van der Waals surface area contributed by atoms with Gasteiger partial charge in [0.15, 0.2) is 6.10 Å². The van der Waals surface area contributed by atoms with Gasteiger partial charge in [0, 0.05) is 43.0 Å². The Balaban J connectivity index is 1.50. The van der Waals surface area contributed by atoms with Crippen molar-refractivity contribution in [1.82, 2.24) is 15.3 Å². The molecule has 0 aliphatic heterocycles. The van der Waals surface area contributed by atoms with Gasteiger partial charge in [0.25, 0.3) is 5.91 Å². The van der Waals surface area contributed by atoms with E-state index in [9.17, 15) is 9.90 Å². The molecule has 0 saturated heterocycles. The van der Waals surface area contributed by atoms with Crippen LogP contribution in [-0.2, 0) is 4.79 Å². The first-order valence-electron chi connectivity index (χ1n) is 9.85. The number of carbonyl (C=O) groups is 1. The summed E-state index contributed by atoms with van der Waals surface area (Å²) in [7, 11) is 3.93. The van der Waals surface area contributed by atoms with Crippen LogP contribution in [0.2, 0.25) is 5.02 Å². The highest BCUT2D eigenvalue weighted by atomic mass is 35.5. The monoisotopic (exact) mass is 417 g/mol. The van der Waals surface area contributed by atoms with Gasteiger partial charge in [-0.2, -0.15) is 4.98 Å². The van der Waals surface area contributed by atoms with Crippen LogP contribution in [0, 0.1) is 6.92 Å². The normalized spacial score (nSPS) is 20.0. The molecule has 1 aromatic heterocycles. The van der Waals surface area contributed by atoms with Gasteiger partial charge in [-0.1, -0.05) is 23.7 Å². The Morgan fingerprint density at radius 3 is 2.59 bits per heavy atom. The smallest absolute Gasteiger partial charge is 0.253 e. The Bertz CT molecular complexity index is 853. The number of nitrogens with one attached hydrogen (secondary N) is 2. The number of aryl methyl sites for hydroxylation is 1. The molecule has 1 atom stereocenters. The molecule has 0 radical (unpaired) electrons. The topological polar surface area (TPSA) is 90.4 Å². The van der Waals surface area contributed by atoms with E-state index >= 15 is 0 Å². The number of carbonyl (C=O) groups excluding carboxylic acids is 1. The zero-order chi connectivity index (χ0) is 21.0. The van der Waals surface area contributed by atoms with E-state index in [1.165, 1.54) is 0 Å². The minimum absolute atomic E-state index is 0.0469. The quantitative estimate of drug-likeness (QED) is 0.669. The summed E-state index contributed by atoms with van der Waals surface area (Å²) in [5, 5.41) is 17.1. The molecule has 7 nitrogen and oxygen atoms in total. The van der Waals surface area contributed by atoms with Crippen LogP contribution in [0.1, 0.15) is 42.9 Å². The summed E-state index contributed by atoms with van der Waals surface area (Å²) >= 11 is 5.94. The summed E-state index contributed by atoms with van der Waals surface area (Å²) < 4.78 is 0.